The van der Waals surface area contributed by atoms with E-state index in [2.05, 4.69) is 24.5 Å². The quantitative estimate of drug-likeness (QED) is 0.563. The Morgan fingerprint density at radius 2 is 2.10 bits per heavy atom. The molecular formula is C13H24N2O5. The van der Waals surface area contributed by atoms with Gasteiger partial charge >= 0.3 is 12.0 Å². The van der Waals surface area contributed by atoms with Gasteiger partial charge in [-0.1, -0.05) is 13.8 Å². The highest BCUT2D eigenvalue weighted by molar-refractivity contribution is 5.77. The van der Waals surface area contributed by atoms with Crippen LogP contribution in [0.1, 0.15) is 20.3 Å². The van der Waals surface area contributed by atoms with Gasteiger partial charge in [0.2, 0.25) is 0 Å². The van der Waals surface area contributed by atoms with Crippen LogP contribution in [0, 0.1) is 11.8 Å². The average molecular weight is 288 g/mol. The van der Waals surface area contributed by atoms with Crippen molar-refractivity contribution in [2.75, 3.05) is 33.0 Å². The van der Waals surface area contributed by atoms with Gasteiger partial charge < -0.3 is 25.2 Å². The molecule has 1 aliphatic rings. The fourth-order valence-corrected chi connectivity index (χ4v) is 1.82. The smallest absolute Gasteiger partial charge is 0.315 e. The molecule has 2 amide bonds. The lowest BCUT2D eigenvalue weighted by atomic mass is 10.0. The molecule has 0 bridgehead atoms. The predicted octanol–water partition coefficient (Wildman–Crippen LogP) is 0.448. The second-order valence-corrected chi connectivity index (χ2v) is 5.28. The molecule has 0 aromatic rings. The third-order valence-corrected chi connectivity index (χ3v) is 3.09. The molecule has 0 aromatic heterocycles. The first-order valence-electron chi connectivity index (χ1n) is 6.93. The summed E-state index contributed by atoms with van der Waals surface area (Å²) in [6, 6.07) is -0.867. The number of hydrogen-bond donors (Lipinski definition) is 3. The van der Waals surface area contributed by atoms with Crippen LogP contribution in [0.25, 0.3) is 0 Å². The fraction of sp³-hybridized carbons (Fsp3) is 0.846. The summed E-state index contributed by atoms with van der Waals surface area (Å²) in [5, 5.41) is 14.2. The van der Waals surface area contributed by atoms with Crippen LogP contribution < -0.4 is 10.6 Å². The predicted molar refractivity (Wildman–Crippen MR) is 72.5 cm³/mol. The summed E-state index contributed by atoms with van der Waals surface area (Å²) in [6.07, 6.45) is 0.992. The molecule has 7 nitrogen and oxygen atoms in total. The third kappa shape index (κ3) is 6.21. The summed E-state index contributed by atoms with van der Waals surface area (Å²) in [5.74, 6) is -1.03. The fourth-order valence-electron chi connectivity index (χ4n) is 1.82. The summed E-state index contributed by atoms with van der Waals surface area (Å²) in [4.78, 5) is 22.5. The van der Waals surface area contributed by atoms with Crippen LogP contribution in [0.3, 0.4) is 0 Å². The van der Waals surface area contributed by atoms with Crippen molar-refractivity contribution in [3.8, 4) is 0 Å². The highest BCUT2D eigenvalue weighted by Gasteiger charge is 2.34. The number of aliphatic carboxylic acids is 1. The minimum atomic E-state index is -0.954. The van der Waals surface area contributed by atoms with Crippen LogP contribution in [0.5, 0.6) is 0 Å². The van der Waals surface area contributed by atoms with Gasteiger partial charge in [0.05, 0.1) is 25.9 Å². The highest BCUT2D eigenvalue weighted by Crippen LogP contribution is 2.13. The molecule has 0 aromatic carbocycles. The molecule has 3 N–H and O–H groups in total. The van der Waals surface area contributed by atoms with Crippen molar-refractivity contribution in [2.45, 2.75) is 26.3 Å². The van der Waals surface area contributed by atoms with Crippen molar-refractivity contribution >= 4 is 12.0 Å². The molecule has 0 radical (unpaired) electrons. The number of urea groups is 1. The van der Waals surface area contributed by atoms with Crippen LogP contribution in [0.2, 0.25) is 0 Å². The molecule has 0 spiro atoms. The molecule has 0 aliphatic carbocycles. The Kier molecular flexibility index (Phi) is 7.32. The van der Waals surface area contributed by atoms with Crippen molar-refractivity contribution in [1.82, 2.24) is 10.6 Å². The van der Waals surface area contributed by atoms with E-state index in [-0.39, 0.29) is 19.2 Å². The molecular weight excluding hydrogens is 264 g/mol. The van der Waals surface area contributed by atoms with Crippen molar-refractivity contribution < 1.29 is 24.2 Å². The summed E-state index contributed by atoms with van der Waals surface area (Å²) >= 11 is 0. The van der Waals surface area contributed by atoms with Crippen molar-refractivity contribution in [1.29, 1.82) is 0 Å². The molecule has 116 valence electrons. The van der Waals surface area contributed by atoms with Crippen LogP contribution in [0.15, 0.2) is 0 Å². The van der Waals surface area contributed by atoms with Crippen molar-refractivity contribution in [3.05, 3.63) is 0 Å². The third-order valence-electron chi connectivity index (χ3n) is 3.09. The van der Waals surface area contributed by atoms with Gasteiger partial charge in [0, 0.05) is 13.2 Å². The van der Waals surface area contributed by atoms with Gasteiger partial charge in [0.25, 0.3) is 0 Å². The highest BCUT2D eigenvalue weighted by atomic mass is 16.5. The maximum Gasteiger partial charge on any atom is 0.315 e. The van der Waals surface area contributed by atoms with Gasteiger partial charge in [0.1, 0.15) is 5.92 Å². The first-order chi connectivity index (χ1) is 9.50. The largest absolute Gasteiger partial charge is 0.481 e. The molecule has 1 rings (SSSR count). The minimum absolute atomic E-state index is 0.137. The zero-order valence-corrected chi connectivity index (χ0v) is 12.1. The Bertz CT molecular complexity index is 322. The molecule has 7 heteroatoms. The number of carboxylic acids is 1. The zero-order valence-electron chi connectivity index (χ0n) is 12.1. The molecule has 2 unspecified atom stereocenters. The molecule has 1 fully saturated rings. The topological polar surface area (TPSA) is 96.9 Å². The zero-order chi connectivity index (χ0) is 15.0. The number of ether oxygens (including phenoxy) is 2. The molecule has 1 heterocycles. The van der Waals surface area contributed by atoms with Crippen molar-refractivity contribution in [3.63, 3.8) is 0 Å². The van der Waals surface area contributed by atoms with Crippen LogP contribution in [0.4, 0.5) is 4.79 Å². The van der Waals surface area contributed by atoms with Crippen LogP contribution in [-0.4, -0.2) is 56.1 Å². The van der Waals surface area contributed by atoms with E-state index in [1.165, 1.54) is 0 Å². The summed E-state index contributed by atoms with van der Waals surface area (Å²) in [5.41, 5.74) is 0. The van der Waals surface area contributed by atoms with Crippen LogP contribution in [-0.2, 0) is 14.3 Å². The van der Waals surface area contributed by atoms with Gasteiger partial charge in [-0.2, -0.15) is 0 Å². The van der Waals surface area contributed by atoms with E-state index in [1.54, 1.807) is 0 Å². The minimum Gasteiger partial charge on any atom is -0.481 e. The van der Waals surface area contributed by atoms with E-state index in [4.69, 9.17) is 14.6 Å². The summed E-state index contributed by atoms with van der Waals surface area (Å²) in [7, 11) is 0. The van der Waals surface area contributed by atoms with E-state index < -0.39 is 17.9 Å². The number of carboxylic acid groups (broad SMARTS) is 1. The number of nitrogens with one attached hydrogen (secondary N) is 2. The Hall–Kier alpha value is -1.34. The average Bonchev–Trinajstić information content (AvgIpc) is 2.81. The Labute approximate surface area is 119 Å². The van der Waals surface area contributed by atoms with E-state index in [0.717, 1.165) is 6.42 Å². The number of rotatable bonds is 8. The SMILES string of the molecule is CC(C)CCOCCNC(=O)NC1COCC1C(=O)O. The Balaban J connectivity index is 2.10. The summed E-state index contributed by atoms with van der Waals surface area (Å²) in [6.45, 7) is 6.14. The molecule has 0 saturated carbocycles. The summed E-state index contributed by atoms with van der Waals surface area (Å²) < 4.78 is 10.4. The lowest BCUT2D eigenvalue weighted by Gasteiger charge is -2.16. The van der Waals surface area contributed by atoms with E-state index in [0.29, 0.717) is 25.7 Å². The molecule has 2 atom stereocenters. The second-order valence-electron chi connectivity index (χ2n) is 5.28. The number of amides is 2. The van der Waals surface area contributed by atoms with Gasteiger partial charge in [-0.3, -0.25) is 4.79 Å². The van der Waals surface area contributed by atoms with Crippen LogP contribution >= 0.6 is 0 Å². The Morgan fingerprint density at radius 1 is 1.35 bits per heavy atom. The number of carbonyl (C=O) groups is 2. The second kappa shape index (κ2) is 8.76. The van der Waals surface area contributed by atoms with Gasteiger partial charge in [-0.05, 0) is 12.3 Å². The van der Waals surface area contributed by atoms with E-state index in [9.17, 15) is 9.59 Å². The standard InChI is InChI=1S/C13H24N2O5/c1-9(2)3-5-19-6-4-14-13(18)15-11-8-20-7-10(11)12(16)17/h9-11H,3-8H2,1-2H3,(H,16,17)(H2,14,15,18). The monoisotopic (exact) mass is 288 g/mol. The first kappa shape index (κ1) is 16.7. The number of hydrogen-bond acceptors (Lipinski definition) is 4. The lowest BCUT2D eigenvalue weighted by Crippen LogP contribution is -2.47. The molecule has 1 aliphatic heterocycles. The van der Waals surface area contributed by atoms with Gasteiger partial charge in [0.15, 0.2) is 0 Å². The van der Waals surface area contributed by atoms with Gasteiger partial charge in [-0.15, -0.1) is 0 Å². The number of carbonyl (C=O) groups excluding carboxylic acids is 1. The van der Waals surface area contributed by atoms with E-state index >= 15 is 0 Å². The maximum absolute atomic E-state index is 11.6. The lowest BCUT2D eigenvalue weighted by molar-refractivity contribution is -0.142. The normalized spacial score (nSPS) is 21.9. The van der Waals surface area contributed by atoms with E-state index in [1.807, 2.05) is 0 Å². The molecule has 1 saturated heterocycles. The first-order valence-corrected chi connectivity index (χ1v) is 6.93. The molecule has 20 heavy (non-hydrogen) atoms. The Morgan fingerprint density at radius 3 is 2.75 bits per heavy atom. The van der Waals surface area contributed by atoms with Gasteiger partial charge in [-0.25, -0.2) is 4.79 Å². The maximum atomic E-state index is 11.6. The van der Waals surface area contributed by atoms with Crippen molar-refractivity contribution in [2.24, 2.45) is 11.8 Å².